The van der Waals surface area contributed by atoms with Crippen molar-refractivity contribution < 1.29 is 28.5 Å². The maximum absolute atomic E-state index is 11.4. The summed E-state index contributed by atoms with van der Waals surface area (Å²) in [6.45, 7) is 4.44. The van der Waals surface area contributed by atoms with E-state index in [1.54, 1.807) is 7.11 Å². The Kier molecular flexibility index (Phi) is 7.22. The molecule has 7 nitrogen and oxygen atoms in total. The third-order valence-electron chi connectivity index (χ3n) is 3.21. The van der Waals surface area contributed by atoms with Crippen molar-refractivity contribution in [1.82, 2.24) is 5.32 Å². The van der Waals surface area contributed by atoms with Crippen LogP contribution in [0.5, 0.6) is 0 Å². The average Bonchev–Trinajstić information content (AvgIpc) is 2.44. The lowest BCUT2D eigenvalue weighted by atomic mass is 9.99. The third kappa shape index (κ3) is 4.05. The van der Waals surface area contributed by atoms with Gasteiger partial charge in [-0.15, -0.1) is 0 Å². The van der Waals surface area contributed by atoms with E-state index in [0.29, 0.717) is 6.61 Å². The van der Waals surface area contributed by atoms with Crippen LogP contribution in [-0.2, 0) is 23.7 Å². The molecule has 1 heterocycles. The average molecular weight is 291 g/mol. The van der Waals surface area contributed by atoms with E-state index in [4.69, 9.17) is 23.7 Å². The predicted molar refractivity (Wildman–Crippen MR) is 71.5 cm³/mol. The SMILES string of the molecule is CCCO[C@@H]1[C@@H](OC)[C@H](C)O[C@@H](OC(=O)NC)[C@@H]1OC. The summed E-state index contributed by atoms with van der Waals surface area (Å²) in [5.74, 6) is 0. The number of hydrogen-bond acceptors (Lipinski definition) is 6. The summed E-state index contributed by atoms with van der Waals surface area (Å²) in [6, 6.07) is 0. The second kappa shape index (κ2) is 8.41. The van der Waals surface area contributed by atoms with Gasteiger partial charge in [-0.25, -0.2) is 4.79 Å². The molecule has 0 spiro atoms. The van der Waals surface area contributed by atoms with Crippen LogP contribution in [0.15, 0.2) is 0 Å². The van der Waals surface area contributed by atoms with E-state index >= 15 is 0 Å². The fraction of sp³-hybridized carbons (Fsp3) is 0.923. The van der Waals surface area contributed by atoms with Gasteiger partial charge in [-0.2, -0.15) is 0 Å². The Labute approximate surface area is 119 Å². The third-order valence-corrected chi connectivity index (χ3v) is 3.21. The van der Waals surface area contributed by atoms with Crippen molar-refractivity contribution in [3.05, 3.63) is 0 Å². The molecule has 118 valence electrons. The molecule has 1 rings (SSSR count). The van der Waals surface area contributed by atoms with Crippen molar-refractivity contribution in [2.75, 3.05) is 27.9 Å². The molecule has 20 heavy (non-hydrogen) atoms. The number of nitrogens with one attached hydrogen (secondary N) is 1. The van der Waals surface area contributed by atoms with Crippen LogP contribution >= 0.6 is 0 Å². The molecule has 0 aliphatic carbocycles. The van der Waals surface area contributed by atoms with Gasteiger partial charge in [-0.1, -0.05) is 6.92 Å². The molecule has 0 bridgehead atoms. The van der Waals surface area contributed by atoms with E-state index in [9.17, 15) is 4.79 Å². The van der Waals surface area contributed by atoms with Crippen LogP contribution < -0.4 is 5.32 Å². The van der Waals surface area contributed by atoms with Crippen molar-refractivity contribution in [1.29, 1.82) is 0 Å². The fourth-order valence-corrected chi connectivity index (χ4v) is 2.25. The Hall–Kier alpha value is -0.890. The van der Waals surface area contributed by atoms with Crippen molar-refractivity contribution in [3.63, 3.8) is 0 Å². The first-order valence-corrected chi connectivity index (χ1v) is 6.80. The summed E-state index contributed by atoms with van der Waals surface area (Å²) in [5, 5.41) is 2.39. The molecule has 0 radical (unpaired) electrons. The van der Waals surface area contributed by atoms with E-state index < -0.39 is 18.5 Å². The molecule has 1 N–H and O–H groups in total. The Bertz CT molecular complexity index is 301. The molecule has 0 saturated carbocycles. The van der Waals surface area contributed by atoms with Gasteiger partial charge in [0.05, 0.1) is 6.10 Å². The molecular formula is C13H25NO6. The Morgan fingerprint density at radius 1 is 1.20 bits per heavy atom. The molecule has 1 fully saturated rings. The standard InChI is InChI=1S/C13H25NO6/c1-6-7-18-10-9(16-4)8(2)19-12(11(10)17-5)20-13(15)14-3/h8-12H,6-7H2,1-5H3,(H,14,15)/t8-,9-,10+,11+,12-/m0/s1. The van der Waals surface area contributed by atoms with Crippen molar-refractivity contribution in [2.45, 2.75) is 51.0 Å². The largest absolute Gasteiger partial charge is 0.417 e. The van der Waals surface area contributed by atoms with Gasteiger partial charge in [0.25, 0.3) is 0 Å². The highest BCUT2D eigenvalue weighted by atomic mass is 16.7. The minimum atomic E-state index is -0.830. The quantitative estimate of drug-likeness (QED) is 0.784. The number of carbonyl (C=O) groups is 1. The van der Waals surface area contributed by atoms with E-state index in [-0.39, 0.29) is 18.3 Å². The van der Waals surface area contributed by atoms with Crippen LogP contribution in [0.1, 0.15) is 20.3 Å². The number of ether oxygens (including phenoxy) is 5. The monoisotopic (exact) mass is 291 g/mol. The lowest BCUT2D eigenvalue weighted by Crippen LogP contribution is -2.60. The summed E-state index contributed by atoms with van der Waals surface area (Å²) in [6.07, 6.45) is -1.99. The molecule has 0 aromatic heterocycles. The van der Waals surface area contributed by atoms with Crippen LogP contribution in [0.3, 0.4) is 0 Å². The molecule has 1 saturated heterocycles. The number of methoxy groups -OCH3 is 2. The van der Waals surface area contributed by atoms with E-state index in [1.807, 2.05) is 13.8 Å². The van der Waals surface area contributed by atoms with Gasteiger partial charge in [0.2, 0.25) is 6.29 Å². The smallest absolute Gasteiger partial charge is 0.409 e. The molecule has 1 aliphatic rings. The topological polar surface area (TPSA) is 75.2 Å². The number of amides is 1. The van der Waals surface area contributed by atoms with Crippen molar-refractivity contribution in [2.24, 2.45) is 0 Å². The van der Waals surface area contributed by atoms with Gasteiger partial charge in [0, 0.05) is 27.9 Å². The molecule has 1 aliphatic heterocycles. The first-order chi connectivity index (χ1) is 9.58. The zero-order valence-electron chi connectivity index (χ0n) is 12.8. The first kappa shape index (κ1) is 17.2. The number of alkyl carbamates (subject to hydrolysis) is 1. The molecule has 0 aromatic rings. The number of rotatable bonds is 6. The second-order valence-corrected chi connectivity index (χ2v) is 4.60. The van der Waals surface area contributed by atoms with Crippen LogP contribution in [-0.4, -0.2) is 64.7 Å². The molecular weight excluding hydrogens is 266 g/mol. The minimum absolute atomic E-state index is 0.275. The fourth-order valence-electron chi connectivity index (χ4n) is 2.25. The highest BCUT2D eigenvalue weighted by molar-refractivity contribution is 5.66. The van der Waals surface area contributed by atoms with Gasteiger partial charge in [-0.3, -0.25) is 0 Å². The van der Waals surface area contributed by atoms with Crippen LogP contribution in [0.4, 0.5) is 4.79 Å². The van der Waals surface area contributed by atoms with Gasteiger partial charge in [-0.05, 0) is 13.3 Å². The Morgan fingerprint density at radius 3 is 2.35 bits per heavy atom. The van der Waals surface area contributed by atoms with Crippen molar-refractivity contribution >= 4 is 6.09 Å². The number of carbonyl (C=O) groups excluding carboxylic acids is 1. The van der Waals surface area contributed by atoms with Gasteiger partial charge in [0.1, 0.15) is 18.3 Å². The lowest BCUT2D eigenvalue weighted by molar-refractivity contribution is -0.293. The number of hydrogen-bond donors (Lipinski definition) is 1. The van der Waals surface area contributed by atoms with E-state index in [1.165, 1.54) is 14.2 Å². The van der Waals surface area contributed by atoms with E-state index in [2.05, 4.69) is 5.32 Å². The summed E-state index contributed by atoms with van der Waals surface area (Å²) >= 11 is 0. The highest BCUT2D eigenvalue weighted by Gasteiger charge is 2.47. The van der Waals surface area contributed by atoms with E-state index in [0.717, 1.165) is 6.42 Å². The molecule has 0 unspecified atom stereocenters. The maximum Gasteiger partial charge on any atom is 0.409 e. The lowest BCUT2D eigenvalue weighted by Gasteiger charge is -2.43. The minimum Gasteiger partial charge on any atom is -0.417 e. The van der Waals surface area contributed by atoms with Crippen LogP contribution in [0, 0.1) is 0 Å². The molecule has 1 amide bonds. The summed E-state index contributed by atoms with van der Waals surface area (Å²) < 4.78 is 27.5. The first-order valence-electron chi connectivity index (χ1n) is 6.80. The van der Waals surface area contributed by atoms with Crippen LogP contribution in [0.25, 0.3) is 0 Å². The zero-order chi connectivity index (χ0) is 15.1. The maximum atomic E-state index is 11.4. The van der Waals surface area contributed by atoms with Gasteiger partial charge < -0.3 is 29.0 Å². The Balaban J connectivity index is 2.84. The van der Waals surface area contributed by atoms with Crippen LogP contribution in [0.2, 0.25) is 0 Å². The molecule has 7 heteroatoms. The second-order valence-electron chi connectivity index (χ2n) is 4.60. The summed E-state index contributed by atoms with van der Waals surface area (Å²) in [4.78, 5) is 11.4. The highest BCUT2D eigenvalue weighted by Crippen LogP contribution is 2.28. The molecule has 0 aromatic carbocycles. The predicted octanol–water partition coefficient (Wildman–Crippen LogP) is 0.912. The van der Waals surface area contributed by atoms with Gasteiger partial charge >= 0.3 is 6.09 Å². The normalized spacial score (nSPS) is 33.8. The Morgan fingerprint density at radius 2 is 1.85 bits per heavy atom. The van der Waals surface area contributed by atoms with Gasteiger partial charge in [0.15, 0.2) is 0 Å². The summed E-state index contributed by atoms with van der Waals surface area (Å²) in [5.41, 5.74) is 0. The zero-order valence-corrected chi connectivity index (χ0v) is 12.8. The molecule has 5 atom stereocenters. The van der Waals surface area contributed by atoms with Crippen molar-refractivity contribution in [3.8, 4) is 0 Å². The summed E-state index contributed by atoms with van der Waals surface area (Å²) in [7, 11) is 4.61.